The molecule has 142 valence electrons. The van der Waals surface area contributed by atoms with Crippen molar-refractivity contribution in [1.29, 1.82) is 0 Å². The number of nitrogens with zero attached hydrogens (tertiary/aromatic N) is 1. The summed E-state index contributed by atoms with van der Waals surface area (Å²) in [5, 5.41) is 14.4. The number of hydrogen-bond acceptors (Lipinski definition) is 5. The van der Waals surface area contributed by atoms with Crippen LogP contribution in [0.3, 0.4) is 0 Å². The van der Waals surface area contributed by atoms with Gasteiger partial charge in [-0.15, -0.1) is 0 Å². The lowest BCUT2D eigenvalue weighted by atomic mass is 10.1. The Morgan fingerprint density at radius 2 is 1.61 bits per heavy atom. The number of rotatable bonds is 6. The molecule has 3 aromatic carbocycles. The average molecular weight is 399 g/mol. The molecule has 3 aromatic rings. The number of halogens is 1. The SMILES string of the molecule is COc1ccc(C(=O)Nc2ccc(Oc3ccc(Cl)cc3)cc2)cc1[N+](=O)[O-]. The summed E-state index contributed by atoms with van der Waals surface area (Å²) in [6.45, 7) is 0. The van der Waals surface area contributed by atoms with Crippen molar-refractivity contribution >= 4 is 28.9 Å². The number of amides is 1. The predicted molar refractivity (Wildman–Crippen MR) is 106 cm³/mol. The molecule has 0 aliphatic carbocycles. The molecule has 1 N–H and O–H groups in total. The topological polar surface area (TPSA) is 90.7 Å². The number of ether oxygens (including phenoxy) is 2. The smallest absolute Gasteiger partial charge is 0.311 e. The van der Waals surface area contributed by atoms with Crippen LogP contribution in [0.5, 0.6) is 17.2 Å². The summed E-state index contributed by atoms with van der Waals surface area (Å²) in [6, 6.07) is 17.7. The number of nitro groups is 1. The van der Waals surface area contributed by atoms with Crippen molar-refractivity contribution in [2.24, 2.45) is 0 Å². The Bertz CT molecular complexity index is 1000. The van der Waals surface area contributed by atoms with Crippen LogP contribution in [0.2, 0.25) is 5.02 Å². The molecule has 0 saturated heterocycles. The fourth-order valence-corrected chi connectivity index (χ4v) is 2.55. The van der Waals surface area contributed by atoms with Crippen molar-refractivity contribution < 1.29 is 19.2 Å². The van der Waals surface area contributed by atoms with E-state index in [2.05, 4.69) is 5.32 Å². The minimum atomic E-state index is -0.599. The largest absolute Gasteiger partial charge is 0.490 e. The molecule has 0 heterocycles. The Balaban J connectivity index is 1.70. The van der Waals surface area contributed by atoms with E-state index in [4.69, 9.17) is 21.1 Å². The highest BCUT2D eigenvalue weighted by Gasteiger charge is 2.18. The molecule has 0 atom stereocenters. The first-order chi connectivity index (χ1) is 13.5. The van der Waals surface area contributed by atoms with E-state index in [1.807, 2.05) is 0 Å². The maximum Gasteiger partial charge on any atom is 0.311 e. The van der Waals surface area contributed by atoms with Gasteiger partial charge in [-0.3, -0.25) is 14.9 Å². The van der Waals surface area contributed by atoms with E-state index in [-0.39, 0.29) is 17.0 Å². The van der Waals surface area contributed by atoms with Gasteiger partial charge in [0.15, 0.2) is 5.75 Å². The van der Waals surface area contributed by atoms with Gasteiger partial charge in [0.25, 0.3) is 5.91 Å². The second-order valence-electron chi connectivity index (χ2n) is 5.68. The summed E-state index contributed by atoms with van der Waals surface area (Å²) in [5.74, 6) is 0.828. The van der Waals surface area contributed by atoms with Crippen LogP contribution in [0, 0.1) is 10.1 Å². The second kappa shape index (κ2) is 8.41. The number of hydrogen-bond donors (Lipinski definition) is 1. The summed E-state index contributed by atoms with van der Waals surface area (Å²) in [7, 11) is 1.33. The average Bonchev–Trinajstić information content (AvgIpc) is 2.70. The molecule has 1 amide bonds. The second-order valence-corrected chi connectivity index (χ2v) is 6.11. The molecule has 0 aliphatic heterocycles. The highest BCUT2D eigenvalue weighted by atomic mass is 35.5. The van der Waals surface area contributed by atoms with Crippen molar-refractivity contribution in [2.75, 3.05) is 12.4 Å². The fourth-order valence-electron chi connectivity index (χ4n) is 2.42. The molecule has 0 aliphatic rings. The summed E-state index contributed by atoms with van der Waals surface area (Å²) in [6.07, 6.45) is 0. The third kappa shape index (κ3) is 4.57. The van der Waals surface area contributed by atoms with Gasteiger partial charge in [-0.1, -0.05) is 11.6 Å². The Morgan fingerprint density at radius 3 is 2.18 bits per heavy atom. The van der Waals surface area contributed by atoms with E-state index >= 15 is 0 Å². The van der Waals surface area contributed by atoms with Crippen LogP contribution in [0.15, 0.2) is 66.7 Å². The third-order valence-electron chi connectivity index (χ3n) is 3.80. The van der Waals surface area contributed by atoms with Crippen molar-refractivity contribution in [3.8, 4) is 17.2 Å². The van der Waals surface area contributed by atoms with Gasteiger partial charge in [-0.2, -0.15) is 0 Å². The van der Waals surface area contributed by atoms with E-state index in [0.29, 0.717) is 22.2 Å². The lowest BCUT2D eigenvalue weighted by molar-refractivity contribution is -0.385. The van der Waals surface area contributed by atoms with Gasteiger partial charge in [0.1, 0.15) is 11.5 Å². The summed E-state index contributed by atoms with van der Waals surface area (Å²) < 4.78 is 10.6. The zero-order valence-electron chi connectivity index (χ0n) is 14.7. The molecule has 0 saturated carbocycles. The Morgan fingerprint density at radius 1 is 1.00 bits per heavy atom. The summed E-state index contributed by atoms with van der Waals surface area (Å²) in [4.78, 5) is 22.9. The van der Waals surface area contributed by atoms with Gasteiger partial charge in [-0.05, 0) is 60.7 Å². The summed E-state index contributed by atoms with van der Waals surface area (Å²) >= 11 is 5.84. The number of benzene rings is 3. The quantitative estimate of drug-likeness (QED) is 0.449. The van der Waals surface area contributed by atoms with E-state index in [1.54, 1.807) is 48.5 Å². The zero-order chi connectivity index (χ0) is 20.1. The number of nitrogens with one attached hydrogen (secondary N) is 1. The fraction of sp³-hybridized carbons (Fsp3) is 0.0500. The van der Waals surface area contributed by atoms with Crippen molar-refractivity contribution in [3.63, 3.8) is 0 Å². The van der Waals surface area contributed by atoms with Crippen LogP contribution >= 0.6 is 11.6 Å². The van der Waals surface area contributed by atoms with Crippen LogP contribution in [0.25, 0.3) is 0 Å². The first-order valence-corrected chi connectivity index (χ1v) is 8.51. The van der Waals surface area contributed by atoms with Gasteiger partial charge in [0, 0.05) is 22.3 Å². The Kier molecular flexibility index (Phi) is 5.76. The van der Waals surface area contributed by atoms with Crippen LogP contribution in [0.1, 0.15) is 10.4 Å². The molecular weight excluding hydrogens is 384 g/mol. The maximum atomic E-state index is 12.4. The molecule has 8 heteroatoms. The maximum absolute atomic E-state index is 12.4. The monoisotopic (exact) mass is 398 g/mol. The molecule has 0 unspecified atom stereocenters. The van der Waals surface area contributed by atoms with Gasteiger partial charge < -0.3 is 14.8 Å². The number of methoxy groups -OCH3 is 1. The lowest BCUT2D eigenvalue weighted by Crippen LogP contribution is -2.12. The molecule has 0 fully saturated rings. The molecule has 0 spiro atoms. The van der Waals surface area contributed by atoms with E-state index in [1.165, 1.54) is 25.3 Å². The summed E-state index contributed by atoms with van der Waals surface area (Å²) in [5.41, 5.74) is 0.391. The standard InChI is InChI=1S/C20H15ClN2O5/c1-27-19-11-2-13(12-18(19)23(25)26)20(24)22-15-5-9-17(10-6-15)28-16-7-3-14(21)4-8-16/h2-12H,1H3,(H,22,24). The third-order valence-corrected chi connectivity index (χ3v) is 4.05. The first kappa shape index (κ1) is 19.2. The predicted octanol–water partition coefficient (Wildman–Crippen LogP) is 5.30. The van der Waals surface area contributed by atoms with Gasteiger partial charge >= 0.3 is 5.69 Å². The molecule has 0 aromatic heterocycles. The van der Waals surface area contributed by atoms with Gasteiger partial charge in [-0.25, -0.2) is 0 Å². The minimum Gasteiger partial charge on any atom is -0.490 e. The molecule has 3 rings (SSSR count). The Hall–Kier alpha value is -3.58. The van der Waals surface area contributed by atoms with Crippen LogP contribution in [-0.4, -0.2) is 17.9 Å². The molecule has 7 nitrogen and oxygen atoms in total. The van der Waals surface area contributed by atoms with Gasteiger partial charge in [0.05, 0.1) is 12.0 Å². The number of anilines is 1. The number of carbonyl (C=O) groups is 1. The van der Waals surface area contributed by atoms with Gasteiger partial charge in [0.2, 0.25) is 0 Å². The lowest BCUT2D eigenvalue weighted by Gasteiger charge is -2.09. The molecule has 28 heavy (non-hydrogen) atoms. The zero-order valence-corrected chi connectivity index (χ0v) is 15.5. The van der Waals surface area contributed by atoms with Crippen LogP contribution in [0.4, 0.5) is 11.4 Å². The number of nitro benzene ring substituents is 1. The minimum absolute atomic E-state index is 0.0882. The normalized spacial score (nSPS) is 10.2. The first-order valence-electron chi connectivity index (χ1n) is 8.13. The van der Waals surface area contributed by atoms with E-state index in [9.17, 15) is 14.9 Å². The van der Waals surface area contributed by atoms with Crippen molar-refractivity contribution in [1.82, 2.24) is 0 Å². The Labute approximate surface area is 165 Å². The van der Waals surface area contributed by atoms with E-state index in [0.717, 1.165) is 0 Å². The van der Waals surface area contributed by atoms with E-state index < -0.39 is 10.8 Å². The molecular formula is C20H15ClN2O5. The van der Waals surface area contributed by atoms with Crippen LogP contribution < -0.4 is 14.8 Å². The van der Waals surface area contributed by atoms with Crippen LogP contribution in [-0.2, 0) is 0 Å². The van der Waals surface area contributed by atoms with Crippen molar-refractivity contribution in [2.45, 2.75) is 0 Å². The number of carbonyl (C=O) groups excluding carboxylic acids is 1. The highest BCUT2D eigenvalue weighted by Crippen LogP contribution is 2.28. The van der Waals surface area contributed by atoms with Crippen molar-refractivity contribution in [3.05, 3.63) is 87.4 Å². The highest BCUT2D eigenvalue weighted by molar-refractivity contribution is 6.30. The molecule has 0 bridgehead atoms. The molecule has 0 radical (unpaired) electrons.